The molecule has 0 radical (unpaired) electrons. The Morgan fingerprint density at radius 1 is 1.19 bits per heavy atom. The van der Waals surface area contributed by atoms with Crippen LogP contribution in [-0.4, -0.2) is 35.0 Å². The van der Waals surface area contributed by atoms with Crippen molar-refractivity contribution in [1.29, 1.82) is 0 Å². The summed E-state index contributed by atoms with van der Waals surface area (Å²) < 4.78 is 7.39. The van der Waals surface area contributed by atoms with Gasteiger partial charge in [0.25, 0.3) is 0 Å². The van der Waals surface area contributed by atoms with E-state index in [0.29, 0.717) is 18.1 Å². The number of nitrogens with one attached hydrogen (secondary N) is 1. The highest BCUT2D eigenvalue weighted by Gasteiger charge is 2.37. The number of nitrogens with zero attached hydrogens (tertiary/aromatic N) is 3. The number of hydrogen-bond acceptors (Lipinski definition) is 4. The number of imidazole rings is 1. The predicted molar refractivity (Wildman–Crippen MR) is 118 cm³/mol. The van der Waals surface area contributed by atoms with Crippen LogP contribution in [0.2, 0.25) is 0 Å². The number of amides is 2. The number of anilines is 1. The summed E-state index contributed by atoms with van der Waals surface area (Å²) in [7, 11) is 3.49. The third-order valence-corrected chi connectivity index (χ3v) is 5.69. The van der Waals surface area contributed by atoms with E-state index in [1.807, 2.05) is 73.3 Å². The van der Waals surface area contributed by atoms with E-state index in [1.54, 1.807) is 18.2 Å². The van der Waals surface area contributed by atoms with Gasteiger partial charge < -0.3 is 19.5 Å². The van der Waals surface area contributed by atoms with Gasteiger partial charge in [0.1, 0.15) is 17.6 Å². The van der Waals surface area contributed by atoms with Gasteiger partial charge in [0, 0.05) is 43.7 Å². The molecule has 1 fully saturated rings. The Morgan fingerprint density at radius 3 is 2.61 bits per heavy atom. The van der Waals surface area contributed by atoms with Crippen molar-refractivity contribution >= 4 is 17.5 Å². The lowest BCUT2D eigenvalue weighted by atomic mass is 10.0. The molecule has 2 amide bonds. The van der Waals surface area contributed by atoms with Crippen LogP contribution < -0.4 is 15.0 Å². The highest BCUT2D eigenvalue weighted by Crippen LogP contribution is 2.31. The Morgan fingerprint density at radius 2 is 1.94 bits per heavy atom. The molecular formula is C24H26N4O3. The summed E-state index contributed by atoms with van der Waals surface area (Å²) in [5.74, 6) is 0.695. The maximum atomic E-state index is 13.2. The lowest BCUT2D eigenvalue weighted by Gasteiger charge is -2.23. The molecule has 2 heterocycles. The van der Waals surface area contributed by atoms with E-state index < -0.39 is 12.0 Å². The SMILES string of the molecule is COc1ccccc1[C@@H](NC(=O)[C@H]1CC(=O)N(c2ccc(C)cc2)C1)c1nccn1C. The molecule has 7 heteroatoms. The molecule has 1 aliphatic rings. The zero-order chi connectivity index (χ0) is 22.0. The fraction of sp³-hybridized carbons (Fsp3) is 0.292. The summed E-state index contributed by atoms with van der Waals surface area (Å²) in [6, 6.07) is 14.8. The fourth-order valence-electron chi connectivity index (χ4n) is 3.96. The van der Waals surface area contributed by atoms with Gasteiger partial charge in [-0.3, -0.25) is 9.59 Å². The van der Waals surface area contributed by atoms with Crippen molar-refractivity contribution in [2.75, 3.05) is 18.6 Å². The van der Waals surface area contributed by atoms with Gasteiger partial charge in [0.05, 0.1) is 13.0 Å². The van der Waals surface area contributed by atoms with Crippen molar-refractivity contribution in [3.63, 3.8) is 0 Å². The Labute approximate surface area is 181 Å². The summed E-state index contributed by atoms with van der Waals surface area (Å²) in [6.45, 7) is 2.36. The van der Waals surface area contributed by atoms with Crippen molar-refractivity contribution in [3.8, 4) is 5.75 Å². The van der Waals surface area contributed by atoms with Gasteiger partial charge in [-0.1, -0.05) is 35.9 Å². The Hall–Kier alpha value is -3.61. The normalized spacial score (nSPS) is 16.9. The molecule has 1 aliphatic heterocycles. The van der Waals surface area contributed by atoms with Crippen LogP contribution in [0.5, 0.6) is 5.75 Å². The van der Waals surface area contributed by atoms with Gasteiger partial charge in [-0.25, -0.2) is 4.98 Å². The number of aromatic nitrogens is 2. The molecule has 0 saturated carbocycles. The van der Waals surface area contributed by atoms with E-state index in [-0.39, 0.29) is 18.2 Å². The van der Waals surface area contributed by atoms with Crippen LogP contribution in [0.3, 0.4) is 0 Å². The first-order valence-electron chi connectivity index (χ1n) is 10.3. The lowest BCUT2D eigenvalue weighted by Crippen LogP contribution is -2.37. The van der Waals surface area contributed by atoms with Crippen LogP contribution in [0.4, 0.5) is 5.69 Å². The lowest BCUT2D eigenvalue weighted by molar-refractivity contribution is -0.126. The molecule has 2 atom stereocenters. The van der Waals surface area contributed by atoms with E-state index >= 15 is 0 Å². The van der Waals surface area contributed by atoms with E-state index in [4.69, 9.17) is 4.74 Å². The molecule has 7 nitrogen and oxygen atoms in total. The van der Waals surface area contributed by atoms with Crippen LogP contribution in [0.25, 0.3) is 0 Å². The van der Waals surface area contributed by atoms with E-state index in [0.717, 1.165) is 16.8 Å². The van der Waals surface area contributed by atoms with Crippen LogP contribution in [-0.2, 0) is 16.6 Å². The quantitative estimate of drug-likeness (QED) is 0.668. The number of para-hydroxylation sites is 1. The van der Waals surface area contributed by atoms with E-state index in [2.05, 4.69) is 10.3 Å². The van der Waals surface area contributed by atoms with Crippen LogP contribution in [0.1, 0.15) is 29.4 Å². The Balaban J connectivity index is 1.58. The zero-order valence-corrected chi connectivity index (χ0v) is 17.9. The number of aryl methyl sites for hydroxylation is 2. The van der Waals surface area contributed by atoms with Crippen molar-refractivity contribution in [2.24, 2.45) is 13.0 Å². The van der Waals surface area contributed by atoms with Gasteiger partial charge in [0.2, 0.25) is 11.8 Å². The number of carbonyl (C=O) groups excluding carboxylic acids is 2. The van der Waals surface area contributed by atoms with Gasteiger partial charge in [-0.05, 0) is 25.1 Å². The summed E-state index contributed by atoms with van der Waals surface area (Å²) in [6.07, 6.45) is 3.71. The highest BCUT2D eigenvalue weighted by molar-refractivity contribution is 6.00. The molecule has 4 rings (SSSR count). The van der Waals surface area contributed by atoms with Crippen LogP contribution >= 0.6 is 0 Å². The molecule has 1 N–H and O–H groups in total. The maximum Gasteiger partial charge on any atom is 0.227 e. The zero-order valence-electron chi connectivity index (χ0n) is 17.9. The molecule has 0 bridgehead atoms. The molecule has 0 unspecified atom stereocenters. The second-order valence-electron chi connectivity index (χ2n) is 7.82. The summed E-state index contributed by atoms with van der Waals surface area (Å²) in [4.78, 5) is 32.0. The summed E-state index contributed by atoms with van der Waals surface area (Å²) >= 11 is 0. The smallest absolute Gasteiger partial charge is 0.227 e. The summed E-state index contributed by atoms with van der Waals surface area (Å²) in [5.41, 5.74) is 2.75. The molecular weight excluding hydrogens is 392 g/mol. The second kappa shape index (κ2) is 8.63. The van der Waals surface area contributed by atoms with Gasteiger partial charge in [0.15, 0.2) is 0 Å². The third kappa shape index (κ3) is 4.17. The average molecular weight is 418 g/mol. The fourth-order valence-corrected chi connectivity index (χ4v) is 3.96. The molecule has 0 aliphatic carbocycles. The first kappa shape index (κ1) is 20.7. The molecule has 160 valence electrons. The Bertz CT molecular complexity index is 1090. The monoisotopic (exact) mass is 418 g/mol. The molecule has 31 heavy (non-hydrogen) atoms. The van der Waals surface area contributed by atoms with Crippen molar-refractivity contribution in [2.45, 2.75) is 19.4 Å². The standard InChI is InChI=1S/C24H26N4O3/c1-16-8-10-18(11-9-16)28-15-17(14-21(28)29)24(30)26-22(23-25-12-13-27(23)2)19-6-4-5-7-20(19)31-3/h4-13,17,22H,14-15H2,1-3H3,(H,26,30)/t17-,22+/m0/s1. The molecule has 1 saturated heterocycles. The van der Waals surface area contributed by atoms with Gasteiger partial charge in [-0.2, -0.15) is 0 Å². The summed E-state index contributed by atoms with van der Waals surface area (Å²) in [5, 5.41) is 3.11. The molecule has 1 aromatic heterocycles. The van der Waals surface area contributed by atoms with Gasteiger partial charge in [-0.15, -0.1) is 0 Å². The van der Waals surface area contributed by atoms with Crippen LogP contribution in [0, 0.1) is 12.8 Å². The first-order valence-corrected chi connectivity index (χ1v) is 10.3. The molecule has 2 aromatic carbocycles. The minimum absolute atomic E-state index is 0.0464. The van der Waals surface area contributed by atoms with Crippen molar-refractivity contribution in [3.05, 3.63) is 77.9 Å². The number of rotatable bonds is 6. The number of hydrogen-bond donors (Lipinski definition) is 1. The minimum atomic E-state index is -0.493. The molecule has 3 aromatic rings. The number of methoxy groups -OCH3 is 1. The average Bonchev–Trinajstić information content (AvgIpc) is 3.38. The highest BCUT2D eigenvalue weighted by atomic mass is 16.5. The second-order valence-corrected chi connectivity index (χ2v) is 7.82. The maximum absolute atomic E-state index is 13.2. The van der Waals surface area contributed by atoms with Gasteiger partial charge >= 0.3 is 0 Å². The third-order valence-electron chi connectivity index (χ3n) is 5.69. The number of carbonyl (C=O) groups is 2. The van der Waals surface area contributed by atoms with Crippen molar-refractivity contribution < 1.29 is 14.3 Å². The molecule has 0 spiro atoms. The van der Waals surface area contributed by atoms with E-state index in [1.165, 1.54) is 0 Å². The van der Waals surface area contributed by atoms with E-state index in [9.17, 15) is 9.59 Å². The van der Waals surface area contributed by atoms with Crippen LogP contribution in [0.15, 0.2) is 60.9 Å². The van der Waals surface area contributed by atoms with Crippen molar-refractivity contribution in [1.82, 2.24) is 14.9 Å². The Kier molecular flexibility index (Phi) is 5.75. The minimum Gasteiger partial charge on any atom is -0.496 e. The predicted octanol–water partition coefficient (Wildman–Crippen LogP) is 3.00. The number of benzene rings is 2. The first-order chi connectivity index (χ1) is 15.0. The largest absolute Gasteiger partial charge is 0.496 e. The topological polar surface area (TPSA) is 76.5 Å². The number of ether oxygens (including phenoxy) is 1.